The van der Waals surface area contributed by atoms with Gasteiger partial charge in [-0.1, -0.05) is 34.1 Å². The third kappa shape index (κ3) is 1.79. The van der Waals surface area contributed by atoms with Crippen LogP contribution >= 0.6 is 15.9 Å². The summed E-state index contributed by atoms with van der Waals surface area (Å²) in [5.74, 6) is -0.515. The van der Waals surface area contributed by atoms with Gasteiger partial charge in [0.15, 0.2) is 0 Å². The summed E-state index contributed by atoms with van der Waals surface area (Å²) in [6.45, 7) is 3.81. The summed E-state index contributed by atoms with van der Waals surface area (Å²) < 4.78 is 0.792. The first kappa shape index (κ1) is 13.1. The van der Waals surface area contributed by atoms with E-state index in [2.05, 4.69) is 15.9 Å². The van der Waals surface area contributed by atoms with Crippen LogP contribution in [0.5, 0.6) is 0 Å². The van der Waals surface area contributed by atoms with Crippen LogP contribution in [0.4, 0.5) is 5.69 Å². The van der Waals surface area contributed by atoms with Crippen LogP contribution in [0.3, 0.4) is 0 Å². The van der Waals surface area contributed by atoms with E-state index in [4.69, 9.17) is 0 Å². The maximum absolute atomic E-state index is 12.5. The molecule has 3 rings (SSSR count). The van der Waals surface area contributed by atoms with Crippen molar-refractivity contribution in [1.82, 2.24) is 0 Å². The average Bonchev–Trinajstić information content (AvgIpc) is 2.63. The number of amides is 2. The number of benzene rings is 2. The quantitative estimate of drug-likeness (QED) is 0.745. The summed E-state index contributed by atoms with van der Waals surface area (Å²) >= 11 is 3.34. The van der Waals surface area contributed by atoms with Gasteiger partial charge in [0.05, 0.1) is 16.8 Å². The number of para-hydroxylation sites is 1. The highest BCUT2D eigenvalue weighted by atomic mass is 79.9. The Morgan fingerprint density at radius 1 is 0.900 bits per heavy atom. The lowest BCUT2D eigenvalue weighted by Crippen LogP contribution is -2.30. The van der Waals surface area contributed by atoms with E-state index in [1.807, 2.05) is 32.0 Å². The van der Waals surface area contributed by atoms with Gasteiger partial charge in [-0.2, -0.15) is 0 Å². The molecule has 2 aromatic carbocycles. The van der Waals surface area contributed by atoms with Crippen LogP contribution < -0.4 is 4.90 Å². The number of hydrogen-bond acceptors (Lipinski definition) is 2. The number of carbonyl (C=O) groups excluding carboxylic acids is 2. The molecule has 0 bridgehead atoms. The van der Waals surface area contributed by atoms with Crippen LogP contribution in [-0.2, 0) is 0 Å². The fraction of sp³-hybridized carbons (Fsp3) is 0.125. The van der Waals surface area contributed by atoms with Gasteiger partial charge in [-0.15, -0.1) is 0 Å². The summed E-state index contributed by atoms with van der Waals surface area (Å²) in [7, 11) is 0. The zero-order chi connectivity index (χ0) is 14.4. The van der Waals surface area contributed by atoms with Crippen LogP contribution in [0.1, 0.15) is 31.8 Å². The molecular weight excluding hydrogens is 318 g/mol. The highest BCUT2D eigenvalue weighted by Crippen LogP contribution is 2.33. The fourth-order valence-corrected chi connectivity index (χ4v) is 2.94. The number of fused-ring (bicyclic) bond motifs is 1. The van der Waals surface area contributed by atoms with Gasteiger partial charge < -0.3 is 0 Å². The van der Waals surface area contributed by atoms with Crippen molar-refractivity contribution in [2.45, 2.75) is 13.8 Å². The molecule has 0 saturated carbocycles. The monoisotopic (exact) mass is 329 g/mol. The molecule has 2 aromatic rings. The van der Waals surface area contributed by atoms with Crippen molar-refractivity contribution in [3.63, 3.8) is 0 Å². The van der Waals surface area contributed by atoms with E-state index >= 15 is 0 Å². The zero-order valence-corrected chi connectivity index (χ0v) is 12.7. The van der Waals surface area contributed by atoms with Gasteiger partial charge in [0, 0.05) is 4.47 Å². The third-order valence-corrected chi connectivity index (χ3v) is 4.00. The van der Waals surface area contributed by atoms with E-state index < -0.39 is 0 Å². The van der Waals surface area contributed by atoms with E-state index in [0.717, 1.165) is 15.6 Å². The smallest absolute Gasteiger partial charge is 0.266 e. The molecule has 0 aliphatic carbocycles. The normalized spacial score (nSPS) is 13.8. The molecule has 0 spiro atoms. The average molecular weight is 330 g/mol. The Bertz CT molecular complexity index is 732. The topological polar surface area (TPSA) is 37.4 Å². The zero-order valence-electron chi connectivity index (χ0n) is 11.1. The minimum absolute atomic E-state index is 0.255. The van der Waals surface area contributed by atoms with Crippen LogP contribution in [0.25, 0.3) is 0 Å². The maximum atomic E-state index is 12.5. The van der Waals surface area contributed by atoms with Gasteiger partial charge >= 0.3 is 0 Å². The van der Waals surface area contributed by atoms with Gasteiger partial charge in [-0.25, -0.2) is 4.90 Å². The van der Waals surface area contributed by atoms with Crippen LogP contribution in [0.2, 0.25) is 0 Å². The van der Waals surface area contributed by atoms with Gasteiger partial charge in [-0.3, -0.25) is 9.59 Å². The Morgan fingerprint density at radius 3 is 2.15 bits per heavy atom. The largest absolute Gasteiger partial charge is 0.268 e. The van der Waals surface area contributed by atoms with E-state index in [1.165, 1.54) is 4.90 Å². The standard InChI is InChI=1S/C16H12BrNO2/c1-9-4-3-5-10(2)14(9)18-15(19)12-7-6-11(17)8-13(12)16(18)20/h3-8H,1-2H3. The van der Waals surface area contributed by atoms with E-state index in [9.17, 15) is 9.59 Å². The Labute approximate surface area is 125 Å². The predicted molar refractivity (Wildman–Crippen MR) is 81.2 cm³/mol. The number of carbonyl (C=O) groups is 2. The van der Waals surface area contributed by atoms with Gasteiger partial charge in [0.2, 0.25) is 0 Å². The van der Waals surface area contributed by atoms with Crippen molar-refractivity contribution in [1.29, 1.82) is 0 Å². The lowest BCUT2D eigenvalue weighted by molar-refractivity contribution is 0.0925. The second-order valence-corrected chi connectivity index (χ2v) is 5.79. The summed E-state index contributed by atoms with van der Waals surface area (Å²) in [6, 6.07) is 10.9. The fourth-order valence-electron chi connectivity index (χ4n) is 2.57. The molecule has 0 atom stereocenters. The molecule has 0 saturated heterocycles. The molecule has 4 heteroatoms. The van der Waals surface area contributed by atoms with Crippen LogP contribution in [-0.4, -0.2) is 11.8 Å². The second kappa shape index (κ2) is 4.56. The molecule has 2 amide bonds. The van der Waals surface area contributed by atoms with Crippen molar-refractivity contribution < 1.29 is 9.59 Å². The molecular formula is C16H12BrNO2. The first-order valence-corrected chi connectivity index (χ1v) is 7.04. The SMILES string of the molecule is Cc1cccc(C)c1N1C(=O)c2ccc(Br)cc2C1=O. The van der Waals surface area contributed by atoms with Crippen molar-refractivity contribution in [2.24, 2.45) is 0 Å². The molecule has 1 heterocycles. The molecule has 100 valence electrons. The lowest BCUT2D eigenvalue weighted by atomic mass is 10.1. The number of aryl methyl sites for hydroxylation is 2. The molecule has 3 nitrogen and oxygen atoms in total. The number of nitrogens with zero attached hydrogens (tertiary/aromatic N) is 1. The minimum Gasteiger partial charge on any atom is -0.268 e. The number of anilines is 1. The van der Waals surface area contributed by atoms with Gasteiger partial charge in [0.1, 0.15) is 0 Å². The molecule has 1 aliphatic rings. The number of halogens is 1. The third-order valence-electron chi connectivity index (χ3n) is 3.51. The second-order valence-electron chi connectivity index (χ2n) is 4.88. The highest BCUT2D eigenvalue weighted by molar-refractivity contribution is 9.10. The number of hydrogen-bond donors (Lipinski definition) is 0. The summed E-state index contributed by atoms with van der Waals surface area (Å²) in [4.78, 5) is 26.3. The molecule has 0 N–H and O–H groups in total. The summed E-state index contributed by atoms with van der Waals surface area (Å²) in [6.07, 6.45) is 0. The number of rotatable bonds is 1. The lowest BCUT2D eigenvalue weighted by Gasteiger charge is -2.19. The summed E-state index contributed by atoms with van der Waals surface area (Å²) in [5, 5.41) is 0. The summed E-state index contributed by atoms with van der Waals surface area (Å²) in [5.41, 5.74) is 3.43. The Morgan fingerprint density at radius 2 is 1.50 bits per heavy atom. The predicted octanol–water partition coefficient (Wildman–Crippen LogP) is 3.87. The van der Waals surface area contributed by atoms with Crippen molar-refractivity contribution in [3.8, 4) is 0 Å². The van der Waals surface area contributed by atoms with Crippen LogP contribution in [0, 0.1) is 13.8 Å². The molecule has 0 unspecified atom stereocenters. The van der Waals surface area contributed by atoms with Crippen molar-refractivity contribution >= 4 is 33.4 Å². The molecule has 20 heavy (non-hydrogen) atoms. The van der Waals surface area contributed by atoms with Gasteiger partial charge in [-0.05, 0) is 43.2 Å². The highest BCUT2D eigenvalue weighted by Gasteiger charge is 2.37. The van der Waals surface area contributed by atoms with Gasteiger partial charge in [0.25, 0.3) is 11.8 Å². The molecule has 0 fully saturated rings. The first-order chi connectivity index (χ1) is 9.50. The minimum atomic E-state index is -0.260. The molecule has 0 radical (unpaired) electrons. The Balaban J connectivity index is 2.20. The van der Waals surface area contributed by atoms with E-state index in [-0.39, 0.29) is 11.8 Å². The van der Waals surface area contributed by atoms with E-state index in [0.29, 0.717) is 16.8 Å². The Hall–Kier alpha value is -1.94. The van der Waals surface area contributed by atoms with Crippen molar-refractivity contribution in [2.75, 3.05) is 4.90 Å². The molecule has 0 aromatic heterocycles. The number of imide groups is 1. The van der Waals surface area contributed by atoms with Crippen molar-refractivity contribution in [3.05, 3.63) is 63.1 Å². The Kier molecular flexibility index (Phi) is 2.98. The molecule has 1 aliphatic heterocycles. The van der Waals surface area contributed by atoms with E-state index in [1.54, 1.807) is 18.2 Å². The first-order valence-electron chi connectivity index (χ1n) is 6.25. The van der Waals surface area contributed by atoms with Crippen LogP contribution in [0.15, 0.2) is 40.9 Å². The maximum Gasteiger partial charge on any atom is 0.266 e.